The molecule has 0 spiro atoms. The van der Waals surface area contributed by atoms with Gasteiger partial charge in [-0.05, 0) is 42.3 Å². The van der Waals surface area contributed by atoms with Crippen LogP contribution in [-0.4, -0.2) is 36.0 Å². The van der Waals surface area contributed by atoms with Crippen LogP contribution in [0.5, 0.6) is 0 Å². The minimum Gasteiger partial charge on any atom is -0.352 e. The van der Waals surface area contributed by atoms with Crippen LogP contribution in [0.25, 0.3) is 55.6 Å². The van der Waals surface area contributed by atoms with E-state index in [4.69, 9.17) is 0 Å². The van der Waals surface area contributed by atoms with Gasteiger partial charge in [0.2, 0.25) is 5.91 Å². The molecule has 3 N–H and O–H groups in total. The van der Waals surface area contributed by atoms with Crippen molar-refractivity contribution in [2.45, 2.75) is 26.2 Å². The molecular formula is C29H24FN7O. The molecule has 188 valence electrons. The predicted molar refractivity (Wildman–Crippen MR) is 146 cm³/mol. The first kappa shape index (κ1) is 23.5. The molecule has 0 saturated carbocycles. The third kappa shape index (κ3) is 4.50. The summed E-state index contributed by atoms with van der Waals surface area (Å²) in [5.41, 5.74) is 6.82. The van der Waals surface area contributed by atoms with Crippen LogP contribution < -0.4 is 5.32 Å². The molecule has 6 rings (SSSR count). The second kappa shape index (κ2) is 9.85. The van der Waals surface area contributed by atoms with Crippen molar-refractivity contribution in [3.8, 4) is 33.8 Å². The predicted octanol–water partition coefficient (Wildman–Crippen LogP) is 6.50. The van der Waals surface area contributed by atoms with Gasteiger partial charge < -0.3 is 10.3 Å². The highest BCUT2D eigenvalue weighted by Crippen LogP contribution is 2.34. The molecule has 1 aromatic carbocycles. The molecule has 0 fully saturated rings. The average molecular weight is 506 g/mol. The number of nitrogens with zero attached hydrogens (tertiary/aromatic N) is 4. The molecule has 0 radical (unpaired) electrons. The molecule has 8 nitrogen and oxygen atoms in total. The van der Waals surface area contributed by atoms with Crippen LogP contribution >= 0.6 is 0 Å². The number of amides is 1. The second-order valence-corrected chi connectivity index (χ2v) is 9.14. The summed E-state index contributed by atoms with van der Waals surface area (Å²) >= 11 is 0. The van der Waals surface area contributed by atoms with Crippen LogP contribution in [0.1, 0.15) is 26.2 Å². The van der Waals surface area contributed by atoms with Crippen molar-refractivity contribution < 1.29 is 9.18 Å². The van der Waals surface area contributed by atoms with Gasteiger partial charge in [0, 0.05) is 40.7 Å². The Labute approximate surface area is 217 Å². The molecule has 0 saturated heterocycles. The number of unbranched alkanes of at least 4 members (excludes halogenated alkanes) is 1. The van der Waals surface area contributed by atoms with Crippen LogP contribution in [0, 0.1) is 5.82 Å². The number of carbonyl (C=O) groups excluding carboxylic acids is 1. The lowest BCUT2D eigenvalue weighted by Crippen LogP contribution is -2.11. The summed E-state index contributed by atoms with van der Waals surface area (Å²) in [6, 6.07) is 12.3. The fraction of sp³-hybridized carbons (Fsp3) is 0.138. The highest BCUT2D eigenvalue weighted by molar-refractivity contribution is 6.01. The monoisotopic (exact) mass is 505 g/mol. The number of fused-ring (bicyclic) bond motifs is 2. The molecule has 0 aliphatic carbocycles. The molecule has 0 aliphatic rings. The molecule has 6 aromatic rings. The van der Waals surface area contributed by atoms with E-state index in [9.17, 15) is 9.18 Å². The zero-order valence-corrected chi connectivity index (χ0v) is 20.6. The van der Waals surface area contributed by atoms with Crippen molar-refractivity contribution in [3.05, 3.63) is 79.3 Å². The SMILES string of the molecule is CCCCC(=O)Nc1cncc(-c2cc3c(-c4cc5c(-c6cccc(F)c6)cncc5[nH]4)n[nH]c3cn2)c1. The summed E-state index contributed by atoms with van der Waals surface area (Å²) in [5, 5.41) is 12.3. The molecule has 0 bridgehead atoms. The van der Waals surface area contributed by atoms with E-state index in [0.29, 0.717) is 17.8 Å². The molecular weight excluding hydrogens is 481 g/mol. The lowest BCUT2D eigenvalue weighted by atomic mass is 10.0. The lowest BCUT2D eigenvalue weighted by Gasteiger charge is -2.07. The molecule has 5 aromatic heterocycles. The van der Waals surface area contributed by atoms with Crippen LogP contribution in [0.2, 0.25) is 0 Å². The minimum atomic E-state index is -0.298. The Kier molecular flexibility index (Phi) is 6.09. The first-order valence-electron chi connectivity index (χ1n) is 12.4. The highest BCUT2D eigenvalue weighted by atomic mass is 19.1. The smallest absolute Gasteiger partial charge is 0.224 e. The van der Waals surface area contributed by atoms with Crippen molar-refractivity contribution >= 4 is 33.4 Å². The van der Waals surface area contributed by atoms with Gasteiger partial charge >= 0.3 is 0 Å². The molecule has 0 aliphatic heterocycles. The van der Waals surface area contributed by atoms with E-state index >= 15 is 0 Å². The first-order chi connectivity index (χ1) is 18.6. The number of halogens is 1. The zero-order chi connectivity index (χ0) is 26.1. The summed E-state index contributed by atoms with van der Waals surface area (Å²) in [6.45, 7) is 2.05. The lowest BCUT2D eigenvalue weighted by molar-refractivity contribution is -0.116. The number of H-pyrrole nitrogens is 2. The van der Waals surface area contributed by atoms with Crippen molar-refractivity contribution in [3.63, 3.8) is 0 Å². The van der Waals surface area contributed by atoms with E-state index in [1.807, 2.05) is 24.3 Å². The van der Waals surface area contributed by atoms with Gasteiger partial charge in [-0.3, -0.25) is 24.8 Å². The normalized spacial score (nSPS) is 11.3. The third-order valence-corrected chi connectivity index (χ3v) is 6.46. The van der Waals surface area contributed by atoms with Crippen molar-refractivity contribution in [1.29, 1.82) is 0 Å². The van der Waals surface area contributed by atoms with E-state index in [0.717, 1.165) is 62.7 Å². The summed E-state index contributed by atoms with van der Waals surface area (Å²) in [4.78, 5) is 28.8. The van der Waals surface area contributed by atoms with Crippen molar-refractivity contribution in [2.24, 2.45) is 0 Å². The highest BCUT2D eigenvalue weighted by Gasteiger charge is 2.16. The fourth-order valence-corrected chi connectivity index (χ4v) is 4.55. The number of aromatic nitrogens is 6. The number of anilines is 1. The van der Waals surface area contributed by atoms with Crippen molar-refractivity contribution in [1.82, 2.24) is 30.1 Å². The van der Waals surface area contributed by atoms with E-state index < -0.39 is 0 Å². The Morgan fingerprint density at radius 3 is 2.71 bits per heavy atom. The van der Waals surface area contributed by atoms with Gasteiger partial charge in [0.05, 0.1) is 46.7 Å². The summed E-state index contributed by atoms with van der Waals surface area (Å²) in [7, 11) is 0. The molecule has 5 heterocycles. The van der Waals surface area contributed by atoms with Crippen LogP contribution in [0.3, 0.4) is 0 Å². The van der Waals surface area contributed by atoms with Crippen molar-refractivity contribution in [2.75, 3.05) is 5.32 Å². The summed E-state index contributed by atoms with van der Waals surface area (Å²) in [5.74, 6) is -0.329. The maximum atomic E-state index is 13.9. The number of aromatic amines is 2. The number of benzene rings is 1. The molecule has 1 amide bonds. The zero-order valence-electron chi connectivity index (χ0n) is 20.6. The van der Waals surface area contributed by atoms with Gasteiger partial charge in [0.25, 0.3) is 0 Å². The van der Waals surface area contributed by atoms with Crippen LogP contribution in [0.4, 0.5) is 10.1 Å². The maximum absolute atomic E-state index is 13.9. The Bertz CT molecular complexity index is 1790. The summed E-state index contributed by atoms with van der Waals surface area (Å²) < 4.78 is 13.9. The Morgan fingerprint density at radius 2 is 1.84 bits per heavy atom. The van der Waals surface area contributed by atoms with Crippen LogP contribution in [0.15, 0.2) is 73.4 Å². The van der Waals surface area contributed by atoms with Gasteiger partial charge in [0.1, 0.15) is 11.5 Å². The molecule has 9 heteroatoms. The molecule has 0 atom stereocenters. The van der Waals surface area contributed by atoms with Gasteiger partial charge in [0.15, 0.2) is 0 Å². The first-order valence-corrected chi connectivity index (χ1v) is 12.4. The summed E-state index contributed by atoms with van der Waals surface area (Å²) in [6.07, 6.45) is 10.8. The number of rotatable bonds is 7. The Hall–Kier alpha value is -4.92. The third-order valence-electron chi connectivity index (χ3n) is 6.46. The van der Waals surface area contributed by atoms with Crippen LogP contribution in [-0.2, 0) is 4.79 Å². The number of pyridine rings is 3. The topological polar surface area (TPSA) is 112 Å². The number of hydrogen-bond acceptors (Lipinski definition) is 5. The van der Waals surface area contributed by atoms with Gasteiger partial charge in [-0.25, -0.2) is 4.39 Å². The largest absolute Gasteiger partial charge is 0.352 e. The molecule has 0 unspecified atom stereocenters. The number of hydrogen-bond donors (Lipinski definition) is 3. The fourth-order valence-electron chi connectivity index (χ4n) is 4.55. The van der Waals surface area contributed by atoms with E-state index in [-0.39, 0.29) is 11.7 Å². The minimum absolute atomic E-state index is 0.0303. The molecule has 38 heavy (non-hydrogen) atoms. The average Bonchev–Trinajstić information content (AvgIpc) is 3.55. The van der Waals surface area contributed by atoms with Gasteiger partial charge in [-0.15, -0.1) is 0 Å². The number of carbonyl (C=O) groups is 1. The van der Waals surface area contributed by atoms with Gasteiger partial charge in [-0.1, -0.05) is 25.5 Å². The Balaban J connectivity index is 1.37. The standard InChI is InChI=1S/C29H24FN7O/c1-2-3-7-28(38)34-20-9-18(12-31-13-20)24-11-22-27(16-33-24)36-37-29(22)25-10-21-23(14-32-15-26(21)35-25)17-5-4-6-19(30)8-17/h4-6,8-16,35H,2-3,7H2,1H3,(H,34,38)(H,36,37). The van der Waals surface area contributed by atoms with E-state index in [2.05, 4.69) is 42.4 Å². The van der Waals surface area contributed by atoms with Gasteiger partial charge in [-0.2, -0.15) is 5.10 Å². The second-order valence-electron chi connectivity index (χ2n) is 9.14. The maximum Gasteiger partial charge on any atom is 0.224 e. The number of nitrogens with one attached hydrogen (secondary N) is 3. The van der Waals surface area contributed by atoms with E-state index in [1.165, 1.54) is 12.1 Å². The Morgan fingerprint density at radius 1 is 0.947 bits per heavy atom. The quantitative estimate of drug-likeness (QED) is 0.229. The van der Waals surface area contributed by atoms with E-state index in [1.54, 1.807) is 37.1 Å².